The Balaban J connectivity index is 1.76. The Kier molecular flexibility index (Phi) is 3.27. The van der Waals surface area contributed by atoms with Crippen molar-refractivity contribution in [1.29, 1.82) is 0 Å². The van der Waals surface area contributed by atoms with Gasteiger partial charge in [-0.05, 0) is 31.4 Å². The maximum atomic E-state index is 12.1. The zero-order chi connectivity index (χ0) is 13.2. The molecule has 0 saturated heterocycles. The highest BCUT2D eigenvalue weighted by Crippen LogP contribution is 2.30. The summed E-state index contributed by atoms with van der Waals surface area (Å²) in [6.07, 6.45) is 4.87. The predicted molar refractivity (Wildman–Crippen MR) is 74.2 cm³/mol. The van der Waals surface area contributed by atoms with Crippen LogP contribution in [0, 0.1) is 0 Å². The fourth-order valence-corrected chi connectivity index (χ4v) is 3.19. The van der Waals surface area contributed by atoms with Crippen molar-refractivity contribution < 1.29 is 4.79 Å². The molecule has 1 aliphatic carbocycles. The number of aromatic nitrogens is 2. The van der Waals surface area contributed by atoms with Gasteiger partial charge in [-0.3, -0.25) is 15.1 Å². The van der Waals surface area contributed by atoms with Gasteiger partial charge in [0.05, 0.1) is 11.4 Å². The summed E-state index contributed by atoms with van der Waals surface area (Å²) in [6, 6.07) is 3.38. The summed E-state index contributed by atoms with van der Waals surface area (Å²) in [6.45, 7) is 0.326. The van der Waals surface area contributed by atoms with Gasteiger partial charge in [-0.1, -0.05) is 0 Å². The average Bonchev–Trinajstić information content (AvgIpc) is 2.99. The third kappa shape index (κ3) is 2.50. The Hall–Kier alpha value is -1.79. The number of anilines is 1. The van der Waals surface area contributed by atoms with Crippen LogP contribution in [0.1, 0.15) is 33.0 Å². The fraction of sp³-hybridized carbons (Fsp3) is 0.308. The van der Waals surface area contributed by atoms with Crippen LogP contribution in [0.2, 0.25) is 0 Å². The van der Waals surface area contributed by atoms with Gasteiger partial charge in [0.15, 0.2) is 5.13 Å². The summed E-state index contributed by atoms with van der Waals surface area (Å²) < 4.78 is 0. The number of aryl methyl sites for hydroxylation is 2. The Morgan fingerprint density at radius 2 is 2.37 bits per heavy atom. The molecule has 6 heteroatoms. The minimum Gasteiger partial charge on any atom is -0.325 e. The Bertz CT molecular complexity index is 601. The number of carbonyl (C=O) groups is 1. The molecule has 0 bridgehead atoms. The molecule has 3 N–H and O–H groups in total. The molecule has 0 aromatic carbocycles. The molecule has 2 aromatic heterocycles. The summed E-state index contributed by atoms with van der Waals surface area (Å²) in [4.78, 5) is 21.9. The molecule has 1 aliphatic rings. The second kappa shape index (κ2) is 5.07. The van der Waals surface area contributed by atoms with E-state index in [9.17, 15) is 4.79 Å². The number of pyridine rings is 1. The van der Waals surface area contributed by atoms with Crippen LogP contribution in [-0.2, 0) is 19.4 Å². The summed E-state index contributed by atoms with van der Waals surface area (Å²) in [7, 11) is 0. The van der Waals surface area contributed by atoms with Crippen molar-refractivity contribution in [3.05, 3.63) is 40.2 Å². The predicted octanol–water partition coefficient (Wildman–Crippen LogP) is 1.74. The number of nitrogens with two attached hydrogens (primary N) is 1. The lowest BCUT2D eigenvalue weighted by Crippen LogP contribution is -2.13. The molecular weight excluding hydrogens is 260 g/mol. The number of nitrogens with one attached hydrogen (secondary N) is 1. The zero-order valence-corrected chi connectivity index (χ0v) is 11.2. The number of hydrogen-bond acceptors (Lipinski definition) is 5. The molecule has 3 rings (SSSR count). The first-order chi connectivity index (χ1) is 9.26. The monoisotopic (exact) mass is 274 g/mol. The number of carbonyl (C=O) groups excluding carboxylic acids is 1. The van der Waals surface area contributed by atoms with Crippen LogP contribution in [0.15, 0.2) is 18.3 Å². The third-order valence-corrected chi connectivity index (χ3v) is 4.18. The molecule has 2 aromatic rings. The zero-order valence-electron chi connectivity index (χ0n) is 10.3. The molecule has 0 fully saturated rings. The second-order valence-electron chi connectivity index (χ2n) is 4.44. The van der Waals surface area contributed by atoms with Crippen molar-refractivity contribution in [2.24, 2.45) is 5.73 Å². The van der Waals surface area contributed by atoms with E-state index in [-0.39, 0.29) is 5.91 Å². The van der Waals surface area contributed by atoms with E-state index < -0.39 is 0 Å². The van der Waals surface area contributed by atoms with Crippen molar-refractivity contribution in [3.63, 3.8) is 0 Å². The fourth-order valence-electron chi connectivity index (χ4n) is 2.14. The molecule has 0 saturated carbocycles. The van der Waals surface area contributed by atoms with Gasteiger partial charge < -0.3 is 5.73 Å². The first kappa shape index (κ1) is 12.3. The van der Waals surface area contributed by atoms with E-state index in [1.165, 1.54) is 11.3 Å². The number of hydrogen-bond donors (Lipinski definition) is 2. The molecule has 5 nitrogen and oxygen atoms in total. The molecule has 2 heterocycles. The largest absolute Gasteiger partial charge is 0.325 e. The van der Waals surface area contributed by atoms with Gasteiger partial charge in [0.2, 0.25) is 0 Å². The second-order valence-corrected chi connectivity index (χ2v) is 5.52. The normalized spacial score (nSPS) is 13.3. The SMILES string of the molecule is NCc1cc(C(=O)Nc2nc3c(s2)CCC3)ccn1. The van der Waals surface area contributed by atoms with E-state index in [2.05, 4.69) is 15.3 Å². The van der Waals surface area contributed by atoms with Crippen LogP contribution in [0.3, 0.4) is 0 Å². The van der Waals surface area contributed by atoms with Crippen LogP contribution in [0.4, 0.5) is 5.13 Å². The maximum Gasteiger partial charge on any atom is 0.257 e. The number of nitrogens with zero attached hydrogens (tertiary/aromatic N) is 2. The van der Waals surface area contributed by atoms with Gasteiger partial charge in [-0.25, -0.2) is 4.98 Å². The molecule has 0 unspecified atom stereocenters. The van der Waals surface area contributed by atoms with Crippen LogP contribution in [-0.4, -0.2) is 15.9 Å². The summed E-state index contributed by atoms with van der Waals surface area (Å²) >= 11 is 1.57. The molecule has 0 atom stereocenters. The number of fused-ring (bicyclic) bond motifs is 1. The van der Waals surface area contributed by atoms with Crippen LogP contribution < -0.4 is 11.1 Å². The van der Waals surface area contributed by atoms with Gasteiger partial charge in [-0.2, -0.15) is 0 Å². The quantitative estimate of drug-likeness (QED) is 0.893. The van der Waals surface area contributed by atoms with Gasteiger partial charge in [0.1, 0.15) is 0 Å². The minimum absolute atomic E-state index is 0.162. The topological polar surface area (TPSA) is 80.9 Å². The lowest BCUT2D eigenvalue weighted by Gasteiger charge is -2.03. The third-order valence-electron chi connectivity index (χ3n) is 3.10. The highest BCUT2D eigenvalue weighted by Gasteiger charge is 2.18. The van der Waals surface area contributed by atoms with Crippen molar-refractivity contribution in [2.75, 3.05) is 5.32 Å². The Labute approximate surface area is 114 Å². The Morgan fingerprint density at radius 1 is 1.47 bits per heavy atom. The standard InChI is InChI=1S/C13H14N4OS/c14-7-9-6-8(4-5-15-9)12(18)17-13-16-10-2-1-3-11(10)19-13/h4-6H,1-3,7,14H2,(H,16,17,18). The maximum absolute atomic E-state index is 12.1. The van der Waals surface area contributed by atoms with E-state index in [0.29, 0.717) is 22.9 Å². The number of rotatable bonds is 3. The summed E-state index contributed by atoms with van der Waals surface area (Å²) in [5.74, 6) is -0.162. The van der Waals surface area contributed by atoms with E-state index in [1.807, 2.05) is 0 Å². The number of thiazole rings is 1. The minimum atomic E-state index is -0.162. The van der Waals surface area contributed by atoms with Crippen LogP contribution in [0.25, 0.3) is 0 Å². The van der Waals surface area contributed by atoms with Crippen LogP contribution in [0.5, 0.6) is 0 Å². The molecule has 98 valence electrons. The van der Waals surface area contributed by atoms with Gasteiger partial charge in [0, 0.05) is 23.2 Å². The van der Waals surface area contributed by atoms with Crippen LogP contribution >= 0.6 is 11.3 Å². The molecular formula is C13H14N4OS. The number of amides is 1. The lowest BCUT2D eigenvalue weighted by molar-refractivity contribution is 0.102. The van der Waals surface area contributed by atoms with E-state index >= 15 is 0 Å². The van der Waals surface area contributed by atoms with E-state index in [0.717, 1.165) is 18.5 Å². The van der Waals surface area contributed by atoms with Gasteiger partial charge >= 0.3 is 0 Å². The van der Waals surface area contributed by atoms with Crippen molar-refractivity contribution in [3.8, 4) is 0 Å². The molecule has 19 heavy (non-hydrogen) atoms. The van der Waals surface area contributed by atoms with E-state index in [1.54, 1.807) is 29.7 Å². The summed E-state index contributed by atoms with van der Waals surface area (Å²) in [5, 5.41) is 3.52. The average molecular weight is 274 g/mol. The van der Waals surface area contributed by atoms with Crippen molar-refractivity contribution >= 4 is 22.4 Å². The summed E-state index contributed by atoms with van der Waals surface area (Å²) in [5.41, 5.74) is 7.92. The highest BCUT2D eigenvalue weighted by atomic mass is 32.1. The van der Waals surface area contributed by atoms with Crippen molar-refractivity contribution in [2.45, 2.75) is 25.8 Å². The first-order valence-corrected chi connectivity index (χ1v) is 7.03. The molecule has 0 spiro atoms. The van der Waals surface area contributed by atoms with Crippen molar-refractivity contribution in [1.82, 2.24) is 9.97 Å². The van der Waals surface area contributed by atoms with E-state index in [4.69, 9.17) is 5.73 Å². The molecule has 0 radical (unpaired) electrons. The molecule has 1 amide bonds. The smallest absolute Gasteiger partial charge is 0.257 e. The molecule has 0 aliphatic heterocycles. The highest BCUT2D eigenvalue weighted by molar-refractivity contribution is 7.15. The van der Waals surface area contributed by atoms with Gasteiger partial charge in [0.25, 0.3) is 5.91 Å². The van der Waals surface area contributed by atoms with Gasteiger partial charge in [-0.15, -0.1) is 11.3 Å². The lowest BCUT2D eigenvalue weighted by atomic mass is 10.2. The first-order valence-electron chi connectivity index (χ1n) is 6.21. The Morgan fingerprint density at radius 3 is 3.16 bits per heavy atom.